The highest BCUT2D eigenvalue weighted by molar-refractivity contribution is 6.19. The molecule has 0 saturated carbocycles. The maximum absolute atomic E-state index is 13.4. The van der Waals surface area contributed by atoms with Gasteiger partial charge in [-0.2, -0.15) is 5.26 Å². The van der Waals surface area contributed by atoms with Gasteiger partial charge < -0.3 is 4.90 Å². The van der Waals surface area contributed by atoms with Crippen LogP contribution in [0.3, 0.4) is 0 Å². The number of carbonyl (C=O) groups is 2. The number of nitrogens with zero attached hydrogens (tertiary/aromatic N) is 3. The lowest BCUT2D eigenvalue weighted by Gasteiger charge is -2.32. The highest BCUT2D eigenvalue weighted by atomic mass is 16.2. The van der Waals surface area contributed by atoms with Crippen molar-refractivity contribution in [2.45, 2.75) is 33.7 Å². The predicted molar refractivity (Wildman–Crippen MR) is 123 cm³/mol. The fourth-order valence-electron chi connectivity index (χ4n) is 3.87. The lowest BCUT2D eigenvalue weighted by molar-refractivity contribution is -0.143. The Morgan fingerprint density at radius 3 is 2.16 bits per heavy atom. The number of rotatable bonds is 6. The van der Waals surface area contributed by atoms with E-state index >= 15 is 0 Å². The zero-order chi connectivity index (χ0) is 22.5. The molecule has 0 bridgehead atoms. The number of amides is 2. The fourth-order valence-corrected chi connectivity index (χ4v) is 3.87. The molecule has 0 radical (unpaired) electrons. The summed E-state index contributed by atoms with van der Waals surface area (Å²) in [4.78, 5) is 29.8. The summed E-state index contributed by atoms with van der Waals surface area (Å²) < 4.78 is 0. The Balaban J connectivity index is 2.03. The van der Waals surface area contributed by atoms with Gasteiger partial charge in [-0.25, -0.2) is 0 Å². The van der Waals surface area contributed by atoms with Gasteiger partial charge >= 0.3 is 0 Å². The van der Waals surface area contributed by atoms with Crippen molar-refractivity contribution in [3.8, 4) is 6.07 Å². The molecule has 0 N–H and O–H groups in total. The first-order chi connectivity index (χ1) is 14.9. The van der Waals surface area contributed by atoms with Crippen LogP contribution in [0.4, 0.5) is 5.69 Å². The Morgan fingerprint density at radius 1 is 1.00 bits per heavy atom. The number of nitriles is 1. The van der Waals surface area contributed by atoms with Gasteiger partial charge in [0.2, 0.25) is 0 Å². The van der Waals surface area contributed by atoms with Gasteiger partial charge in [-0.1, -0.05) is 42.5 Å². The first kappa shape index (κ1) is 22.0. The summed E-state index contributed by atoms with van der Waals surface area (Å²) in [6, 6.07) is 18.8. The second-order valence-electron chi connectivity index (χ2n) is 7.50. The number of imide groups is 1. The molecule has 0 aromatic heterocycles. The van der Waals surface area contributed by atoms with Crippen LogP contribution in [0.15, 0.2) is 71.3 Å². The van der Waals surface area contributed by atoms with Crippen LogP contribution in [-0.4, -0.2) is 29.8 Å². The monoisotopic (exact) mass is 413 g/mol. The highest BCUT2D eigenvalue weighted by Gasteiger charge is 2.38. The molecule has 0 aliphatic carbocycles. The second-order valence-corrected chi connectivity index (χ2v) is 7.50. The molecule has 0 fully saturated rings. The normalized spacial score (nSPS) is 16.5. The van der Waals surface area contributed by atoms with Gasteiger partial charge in [0.15, 0.2) is 0 Å². The number of hydrogen-bond acceptors (Lipinski definition) is 4. The summed E-state index contributed by atoms with van der Waals surface area (Å²) in [6.45, 7) is 9.51. The van der Waals surface area contributed by atoms with Crippen molar-refractivity contribution in [2.75, 3.05) is 18.0 Å². The summed E-state index contributed by atoms with van der Waals surface area (Å²) in [5, 5.41) is 9.62. The van der Waals surface area contributed by atoms with E-state index in [9.17, 15) is 14.9 Å². The summed E-state index contributed by atoms with van der Waals surface area (Å²) in [6.07, 6.45) is 1.76. The topological polar surface area (TPSA) is 64.4 Å². The van der Waals surface area contributed by atoms with Crippen molar-refractivity contribution >= 4 is 23.6 Å². The third kappa shape index (κ3) is 4.29. The molecular formula is C26H27N3O2. The second kappa shape index (κ2) is 9.44. The molecule has 3 rings (SSSR count). The van der Waals surface area contributed by atoms with Crippen LogP contribution in [0, 0.1) is 11.3 Å². The summed E-state index contributed by atoms with van der Waals surface area (Å²) in [5.74, 6) is -0.930. The van der Waals surface area contributed by atoms with Crippen LogP contribution < -0.4 is 4.90 Å². The van der Waals surface area contributed by atoms with Crippen molar-refractivity contribution in [3.63, 3.8) is 0 Å². The largest absolute Gasteiger partial charge is 0.372 e. The number of carbonyl (C=O) groups excluding carboxylic acids is 2. The molecule has 1 heterocycles. The molecule has 31 heavy (non-hydrogen) atoms. The van der Waals surface area contributed by atoms with Gasteiger partial charge in [0, 0.05) is 24.4 Å². The molecule has 0 spiro atoms. The number of hydrogen-bond donors (Lipinski definition) is 0. The number of anilines is 1. The summed E-state index contributed by atoms with van der Waals surface area (Å²) in [7, 11) is 0. The van der Waals surface area contributed by atoms with E-state index < -0.39 is 11.9 Å². The van der Waals surface area contributed by atoms with E-state index in [2.05, 4.69) is 18.7 Å². The molecule has 0 saturated heterocycles. The maximum Gasteiger partial charge on any atom is 0.272 e. The first-order valence-electron chi connectivity index (χ1n) is 10.5. The summed E-state index contributed by atoms with van der Waals surface area (Å²) >= 11 is 0. The minimum absolute atomic E-state index is 0.00777. The quantitative estimate of drug-likeness (QED) is 0.500. The SMILES string of the molecule is CCN(CC)c1ccc(/C=C2/C(=O)N(C(C)c3ccccc3)C(=O)C(C#N)=C2C)cc1. The zero-order valence-corrected chi connectivity index (χ0v) is 18.4. The average molecular weight is 414 g/mol. The van der Waals surface area contributed by atoms with Gasteiger partial charge in [0.05, 0.1) is 6.04 Å². The Labute approximate surface area is 183 Å². The van der Waals surface area contributed by atoms with E-state index in [-0.39, 0.29) is 11.5 Å². The Bertz CT molecular complexity index is 1070. The zero-order valence-electron chi connectivity index (χ0n) is 18.4. The van der Waals surface area contributed by atoms with Crippen LogP contribution >= 0.6 is 0 Å². The molecular weight excluding hydrogens is 386 g/mol. The fraction of sp³-hybridized carbons (Fsp3) is 0.269. The molecule has 1 aliphatic heterocycles. The standard InChI is InChI=1S/C26H27N3O2/c1-5-28(6-2)22-14-12-20(13-15-22)16-23-18(3)24(17-27)26(31)29(25(23)30)19(4)21-10-8-7-9-11-21/h7-16,19H,5-6H2,1-4H3/b23-16+. The van der Waals surface area contributed by atoms with E-state index in [0.29, 0.717) is 11.1 Å². The van der Waals surface area contributed by atoms with E-state index in [1.165, 1.54) is 4.90 Å². The van der Waals surface area contributed by atoms with Gasteiger partial charge in [0.1, 0.15) is 11.6 Å². The molecule has 1 atom stereocenters. The molecule has 5 heteroatoms. The Kier molecular flexibility index (Phi) is 6.71. The van der Waals surface area contributed by atoms with Crippen LogP contribution in [0.2, 0.25) is 0 Å². The van der Waals surface area contributed by atoms with Crippen LogP contribution in [0.5, 0.6) is 0 Å². The molecule has 1 aliphatic rings. The third-order valence-electron chi connectivity index (χ3n) is 5.77. The Morgan fingerprint density at radius 2 is 1.61 bits per heavy atom. The minimum atomic E-state index is -0.546. The van der Waals surface area contributed by atoms with E-state index in [1.54, 1.807) is 19.9 Å². The molecule has 158 valence electrons. The molecule has 5 nitrogen and oxygen atoms in total. The summed E-state index contributed by atoms with van der Waals surface area (Å²) in [5.41, 5.74) is 3.59. The minimum Gasteiger partial charge on any atom is -0.372 e. The smallest absolute Gasteiger partial charge is 0.272 e. The van der Waals surface area contributed by atoms with Crippen molar-refractivity contribution < 1.29 is 9.59 Å². The molecule has 2 aromatic rings. The van der Waals surface area contributed by atoms with Gasteiger partial charge in [-0.05, 0) is 62.6 Å². The van der Waals surface area contributed by atoms with Crippen LogP contribution in [0.1, 0.15) is 44.9 Å². The van der Waals surface area contributed by atoms with Crippen molar-refractivity contribution in [1.29, 1.82) is 5.26 Å². The van der Waals surface area contributed by atoms with Gasteiger partial charge in [0.25, 0.3) is 11.8 Å². The van der Waals surface area contributed by atoms with Gasteiger partial charge in [-0.15, -0.1) is 0 Å². The maximum atomic E-state index is 13.4. The van der Waals surface area contributed by atoms with Gasteiger partial charge in [-0.3, -0.25) is 14.5 Å². The predicted octanol–water partition coefficient (Wildman–Crippen LogP) is 4.89. The molecule has 1 unspecified atom stereocenters. The average Bonchev–Trinajstić information content (AvgIpc) is 2.79. The molecule has 2 amide bonds. The first-order valence-corrected chi connectivity index (χ1v) is 10.5. The van der Waals surface area contributed by atoms with E-state index in [1.807, 2.05) is 60.7 Å². The van der Waals surface area contributed by atoms with Crippen LogP contribution in [-0.2, 0) is 9.59 Å². The molecule has 2 aromatic carbocycles. The lowest BCUT2D eigenvalue weighted by Crippen LogP contribution is -2.44. The van der Waals surface area contributed by atoms with Crippen molar-refractivity contribution in [3.05, 3.63) is 82.4 Å². The lowest BCUT2D eigenvalue weighted by atomic mass is 9.91. The highest BCUT2D eigenvalue weighted by Crippen LogP contribution is 2.33. The van der Waals surface area contributed by atoms with E-state index in [0.717, 1.165) is 29.9 Å². The third-order valence-corrected chi connectivity index (χ3v) is 5.77. The Hall–Kier alpha value is -3.65. The van der Waals surface area contributed by atoms with E-state index in [4.69, 9.17) is 0 Å². The van der Waals surface area contributed by atoms with Crippen molar-refractivity contribution in [1.82, 2.24) is 4.90 Å². The van der Waals surface area contributed by atoms with Crippen molar-refractivity contribution in [2.24, 2.45) is 0 Å². The number of benzene rings is 2. The van der Waals surface area contributed by atoms with Crippen LogP contribution in [0.25, 0.3) is 6.08 Å².